The molecule has 2 fully saturated rings. The molecule has 7 rings (SSSR count). The van der Waals surface area contributed by atoms with E-state index in [1.807, 2.05) is 0 Å². The molecule has 0 radical (unpaired) electrons. The lowest BCUT2D eigenvalue weighted by molar-refractivity contribution is -0.160. The number of aromatic nitrogens is 1. The number of carboxylic acid groups (broad SMARTS) is 1. The zero-order valence-electron chi connectivity index (χ0n) is 60.6. The first-order valence-electron chi connectivity index (χ1n) is 34.9. The molecule has 2 aliphatic rings. The molecule has 11 amide bonds. The van der Waals surface area contributed by atoms with Crippen molar-refractivity contribution in [3.8, 4) is 5.75 Å². The number of para-hydroxylation sites is 1. The Labute approximate surface area is 617 Å². The van der Waals surface area contributed by atoms with Crippen molar-refractivity contribution in [3.05, 3.63) is 149 Å². The summed E-state index contributed by atoms with van der Waals surface area (Å²) in [4.78, 5) is 191. The van der Waals surface area contributed by atoms with Crippen LogP contribution in [0.4, 0.5) is 0 Å². The Bertz CT molecular complexity index is 4090. The predicted molar refractivity (Wildman–Crippen MR) is 387 cm³/mol. The fourth-order valence-electron chi connectivity index (χ4n) is 12.1. The van der Waals surface area contributed by atoms with E-state index in [4.69, 9.17) is 9.47 Å². The second-order valence-electron chi connectivity index (χ2n) is 26.9. The van der Waals surface area contributed by atoms with Gasteiger partial charge >= 0.3 is 11.9 Å². The average Bonchev–Trinajstić information content (AvgIpc) is 1.63. The lowest BCUT2D eigenvalue weighted by atomic mass is 9.97. The summed E-state index contributed by atoms with van der Waals surface area (Å²) in [6, 6.07) is 10.3. The van der Waals surface area contributed by atoms with Crippen molar-refractivity contribution in [1.82, 2.24) is 63.1 Å². The van der Waals surface area contributed by atoms with E-state index in [2.05, 4.69) is 58.2 Å². The van der Waals surface area contributed by atoms with Crippen molar-refractivity contribution in [2.24, 2.45) is 17.8 Å². The SMILES string of the molecule is C/C=C\c1ccccc1/C=C/C(=O)N[C@@H]1C(=O)N[C@@H](C)C(=O)N[C@@H](C(C)C(=O)O)C(=O)NCC(=O)N[C@@H](C(O)c2ccccc2)C(=O)N2CCC[C@H]2C(=O)N[C@@H](C(O)c2ccc(OC)cc2)C(=O)N[C@@H](Cc2c[nH]c3ccccc23)C(=O)N[C@@H](O)C(=O)N[C@@H](CC(C)C)C(=O)NC(C(O)C(C)C)C(=O)O[C@@H]1C. The quantitative estimate of drug-likeness (QED) is 0.0434. The highest BCUT2D eigenvalue weighted by Crippen LogP contribution is 2.28. The Kier molecular flexibility index (Phi) is 29.9. The first-order valence-corrected chi connectivity index (χ1v) is 34.9. The number of carbonyl (C=O) groups excluding carboxylic acids is 12. The Morgan fingerprint density at radius 3 is 1.88 bits per heavy atom. The number of amides is 11. The van der Waals surface area contributed by atoms with Crippen molar-refractivity contribution in [2.75, 3.05) is 20.2 Å². The number of benzene rings is 4. The van der Waals surface area contributed by atoms with Crippen LogP contribution >= 0.6 is 0 Å². The number of H-pyrrole nitrogens is 1. The molecule has 0 saturated carbocycles. The summed E-state index contributed by atoms with van der Waals surface area (Å²) in [5, 5.41) is 81.9. The number of hydrogen-bond donors (Lipinski definition) is 16. The van der Waals surface area contributed by atoms with Gasteiger partial charge in [-0.05, 0) is 111 Å². The van der Waals surface area contributed by atoms with Gasteiger partial charge in [0.05, 0.1) is 25.7 Å². The lowest BCUT2D eigenvalue weighted by Crippen LogP contribution is -2.62. The van der Waals surface area contributed by atoms with Gasteiger partial charge in [0.15, 0.2) is 6.04 Å². The summed E-state index contributed by atoms with van der Waals surface area (Å²) in [6.07, 6.45) is -2.94. The number of carbonyl (C=O) groups is 13. The summed E-state index contributed by atoms with van der Waals surface area (Å²) >= 11 is 0. The van der Waals surface area contributed by atoms with Crippen LogP contribution in [0.15, 0.2) is 121 Å². The highest BCUT2D eigenvalue weighted by atomic mass is 16.5. The number of esters is 1. The second kappa shape index (κ2) is 38.6. The van der Waals surface area contributed by atoms with Crippen LogP contribution in [0.2, 0.25) is 0 Å². The fourth-order valence-corrected chi connectivity index (χ4v) is 12.1. The van der Waals surface area contributed by atoms with E-state index in [9.17, 15) is 78.3 Å². The maximum atomic E-state index is 15.1. The molecule has 0 spiro atoms. The maximum absolute atomic E-state index is 15.1. The zero-order valence-corrected chi connectivity index (χ0v) is 60.6. The van der Waals surface area contributed by atoms with E-state index in [1.54, 1.807) is 87.5 Å². The third-order valence-electron chi connectivity index (χ3n) is 18.2. The Balaban J connectivity index is 1.30. The smallest absolute Gasteiger partial charge is 0.331 e. The van der Waals surface area contributed by atoms with E-state index in [1.165, 1.54) is 81.8 Å². The minimum atomic E-state index is -2.52. The fraction of sp³-hybridized carbons (Fsp3) is 0.427. The van der Waals surface area contributed by atoms with Gasteiger partial charge in [0.25, 0.3) is 5.91 Å². The number of aliphatic hydroxyl groups excluding tert-OH is 4. The number of aliphatic hydroxyl groups is 4. The van der Waals surface area contributed by atoms with Crippen molar-refractivity contribution < 1.29 is 97.3 Å². The van der Waals surface area contributed by atoms with Crippen LogP contribution in [0.3, 0.4) is 0 Å². The molecule has 16 N–H and O–H groups in total. The number of methoxy groups -OCH3 is 1. The summed E-state index contributed by atoms with van der Waals surface area (Å²) in [7, 11) is 1.38. The maximum Gasteiger partial charge on any atom is 0.331 e. The molecule has 0 aliphatic carbocycles. The first kappa shape index (κ1) is 82.9. The van der Waals surface area contributed by atoms with Gasteiger partial charge in [0.2, 0.25) is 65.3 Å². The summed E-state index contributed by atoms with van der Waals surface area (Å²) in [6.45, 7) is 10.1. The van der Waals surface area contributed by atoms with Crippen molar-refractivity contribution in [3.63, 3.8) is 0 Å². The Hall–Kier alpha value is -11.4. The number of carboxylic acids is 1. The minimum absolute atomic E-state index is 0.0253. The van der Waals surface area contributed by atoms with Gasteiger partial charge < -0.3 is 98.1 Å². The van der Waals surface area contributed by atoms with Crippen LogP contribution in [-0.4, -0.2) is 205 Å². The molecule has 4 aromatic carbocycles. The number of aromatic amines is 1. The van der Waals surface area contributed by atoms with E-state index >= 15 is 9.59 Å². The van der Waals surface area contributed by atoms with Crippen LogP contribution in [-0.2, 0) is 73.5 Å². The number of nitrogens with zero attached hydrogens (tertiary/aromatic N) is 1. The Morgan fingerprint density at radius 2 is 1.23 bits per heavy atom. The third kappa shape index (κ3) is 22.4. The summed E-state index contributed by atoms with van der Waals surface area (Å²) < 4.78 is 11.1. The van der Waals surface area contributed by atoms with Crippen LogP contribution in [0, 0.1) is 17.8 Å². The molecular formula is C75H94N12O20. The first-order chi connectivity index (χ1) is 50.8. The van der Waals surface area contributed by atoms with Gasteiger partial charge in [-0.15, -0.1) is 0 Å². The molecule has 5 aromatic rings. The third-order valence-corrected chi connectivity index (χ3v) is 18.2. The molecule has 15 atom stereocenters. The number of aliphatic carboxylic acids is 1. The second-order valence-corrected chi connectivity index (χ2v) is 26.9. The largest absolute Gasteiger partial charge is 0.497 e. The number of nitrogens with one attached hydrogen (secondary N) is 11. The normalized spacial score (nSPS) is 24.8. The van der Waals surface area contributed by atoms with Gasteiger partial charge in [-0.2, -0.15) is 0 Å². The number of cyclic esters (lactones) is 1. The van der Waals surface area contributed by atoms with E-state index in [-0.39, 0.29) is 36.9 Å². The molecule has 574 valence electrons. The molecule has 0 bridgehead atoms. The molecule has 32 heteroatoms. The van der Waals surface area contributed by atoms with Crippen LogP contribution in [0.25, 0.3) is 23.1 Å². The van der Waals surface area contributed by atoms with E-state index < -0.39 is 193 Å². The van der Waals surface area contributed by atoms with Gasteiger partial charge in [0, 0.05) is 36.1 Å². The number of hydrogen-bond acceptors (Lipinski definition) is 19. The van der Waals surface area contributed by atoms with E-state index in [0.717, 1.165) is 31.7 Å². The molecule has 2 saturated heterocycles. The van der Waals surface area contributed by atoms with Crippen LogP contribution in [0.1, 0.15) is 115 Å². The highest BCUT2D eigenvalue weighted by Gasteiger charge is 2.45. The van der Waals surface area contributed by atoms with Crippen molar-refractivity contribution >= 4 is 100.0 Å². The van der Waals surface area contributed by atoms with Gasteiger partial charge in [-0.1, -0.05) is 125 Å². The molecule has 32 nitrogen and oxygen atoms in total. The van der Waals surface area contributed by atoms with Gasteiger partial charge in [-0.25, -0.2) is 4.79 Å². The molecular weight excluding hydrogens is 1390 g/mol. The van der Waals surface area contributed by atoms with Crippen LogP contribution < -0.4 is 57.9 Å². The standard InChI is InChI=1S/C75H94N12O20/c1-10-19-43-20-14-15-21-44(43)29-32-54(88)81-57-42(8)107-75(105)60(61(90)39(4)5)85-65(94)51(34-38(2)3)80-71(100)72(101)86-66(95)52(35-47-36-76-50-25-17-16-24-49(47)50)79-70(99)58(62(91)46-27-30-48(106-9)31-28-46)84-67(96)53-26-18-33-87(53)73(102)59(63(92)45-22-12-11-13-23-45)82-55(89)37-77-68(97)56(40(6)74(103)104)83-64(93)41(7)78-69(57)98/h10-17,19-25,27-32,36,38-42,51-53,56-63,72,76,90-92,101H,18,26,33-35,37H2,1-9H3,(H,77,97)(H,78,98)(H,79,99)(H,80,100)(H,81,88)(H,82,89)(H,83,93)(H,84,96)(H,85,94)(H,86,95)(H,103,104)/b19-10-,32-29+/t40?,41-,42+,51-,52-,53-,56-,57-,58-,59-,60?,61?,62?,63?,72-/m0/s1. The average molecular weight is 1480 g/mol. The molecule has 3 heterocycles. The van der Waals surface area contributed by atoms with Gasteiger partial charge in [-0.3, -0.25) is 57.5 Å². The minimum Gasteiger partial charge on any atom is -0.497 e. The number of fused-ring (bicyclic) bond motifs is 2. The predicted octanol–water partition coefficient (Wildman–Crippen LogP) is 0.102. The monoisotopic (exact) mass is 1480 g/mol. The Morgan fingerprint density at radius 1 is 0.636 bits per heavy atom. The molecule has 5 unspecified atom stereocenters. The van der Waals surface area contributed by atoms with E-state index in [0.29, 0.717) is 33.3 Å². The summed E-state index contributed by atoms with van der Waals surface area (Å²) in [5.74, 6) is -18.7. The molecule has 2 aliphatic heterocycles. The van der Waals surface area contributed by atoms with Crippen molar-refractivity contribution in [2.45, 2.75) is 166 Å². The zero-order chi connectivity index (χ0) is 78.5. The lowest BCUT2D eigenvalue weighted by Gasteiger charge is -2.33. The number of ether oxygens (including phenoxy) is 2. The summed E-state index contributed by atoms with van der Waals surface area (Å²) in [5.41, 5.74) is 2.37. The topological polar surface area (TPSA) is 481 Å². The number of allylic oxidation sites excluding steroid dienone is 1. The van der Waals surface area contributed by atoms with Crippen LogP contribution in [0.5, 0.6) is 5.75 Å². The van der Waals surface area contributed by atoms with Gasteiger partial charge in [0.1, 0.15) is 72.4 Å². The molecule has 107 heavy (non-hydrogen) atoms. The highest BCUT2D eigenvalue weighted by molar-refractivity contribution is 6.01. The number of rotatable bonds is 17. The van der Waals surface area contributed by atoms with Crippen molar-refractivity contribution in [1.29, 1.82) is 0 Å². The molecule has 1 aromatic heterocycles.